The van der Waals surface area contributed by atoms with Gasteiger partial charge in [-0.1, -0.05) is 70.3 Å². The van der Waals surface area contributed by atoms with Crippen LogP contribution in [0, 0.1) is 17.1 Å². The molecule has 0 bridgehead atoms. The first kappa shape index (κ1) is 32.0. The average molecular weight is 678 g/mol. The smallest absolute Gasteiger partial charge is 0.166 e. The van der Waals surface area contributed by atoms with Gasteiger partial charge in [0.2, 0.25) is 0 Å². The molecule has 236 valence electrons. The molecule has 0 saturated carbocycles. The molecule has 2 N–H and O–H groups in total. The van der Waals surface area contributed by atoms with Gasteiger partial charge in [-0.05, 0) is 63.4 Å². The SMILES string of the molecule is CC(C)(C)N1CCC(n2cc([C@@H](Nc3cc(Cl)c4ncc(C#N)c(Nc5ccc(Cl)c(Cl)c5F)c4c3)c3ccccc3)nn2)CC1. The van der Waals surface area contributed by atoms with Crippen LogP contribution in [0.5, 0.6) is 0 Å². The van der Waals surface area contributed by atoms with E-state index in [0.717, 1.165) is 37.2 Å². The fraction of sp³-hybridized carbons (Fsp3) is 0.294. The van der Waals surface area contributed by atoms with Crippen molar-refractivity contribution in [2.45, 2.75) is 51.2 Å². The number of anilines is 3. The second-order valence-electron chi connectivity index (χ2n) is 12.4. The first-order chi connectivity index (χ1) is 22.0. The number of hydrogen-bond donors (Lipinski definition) is 2. The number of halogens is 4. The van der Waals surface area contributed by atoms with Gasteiger partial charge in [-0.25, -0.2) is 9.07 Å². The molecule has 1 aliphatic rings. The molecule has 0 spiro atoms. The lowest BCUT2D eigenvalue weighted by molar-refractivity contribution is 0.0866. The summed E-state index contributed by atoms with van der Waals surface area (Å²) < 4.78 is 17.0. The molecule has 46 heavy (non-hydrogen) atoms. The van der Waals surface area contributed by atoms with Crippen molar-refractivity contribution in [3.63, 3.8) is 0 Å². The minimum absolute atomic E-state index is 0.0556. The van der Waals surface area contributed by atoms with Gasteiger partial charge in [-0.2, -0.15) is 5.26 Å². The van der Waals surface area contributed by atoms with Crippen LogP contribution in [0.25, 0.3) is 10.9 Å². The molecule has 0 amide bonds. The Balaban J connectivity index is 1.36. The summed E-state index contributed by atoms with van der Waals surface area (Å²) in [4.78, 5) is 6.93. The van der Waals surface area contributed by atoms with E-state index in [9.17, 15) is 5.26 Å². The van der Waals surface area contributed by atoms with Crippen molar-refractivity contribution < 1.29 is 4.39 Å². The number of nitrogens with one attached hydrogen (secondary N) is 2. The predicted molar refractivity (Wildman–Crippen MR) is 183 cm³/mol. The second-order valence-corrected chi connectivity index (χ2v) is 13.6. The van der Waals surface area contributed by atoms with Crippen molar-refractivity contribution in [1.29, 1.82) is 5.26 Å². The zero-order chi connectivity index (χ0) is 32.6. The molecule has 0 aliphatic carbocycles. The fourth-order valence-corrected chi connectivity index (χ4v) is 6.44. The van der Waals surface area contributed by atoms with Crippen LogP contribution in [0.1, 0.15) is 62.5 Å². The molecule has 3 heterocycles. The maximum absolute atomic E-state index is 15.1. The summed E-state index contributed by atoms with van der Waals surface area (Å²) >= 11 is 18.8. The first-order valence-electron chi connectivity index (χ1n) is 14.9. The number of pyridine rings is 1. The molecule has 0 radical (unpaired) electrons. The van der Waals surface area contributed by atoms with Crippen molar-refractivity contribution >= 4 is 62.8 Å². The summed E-state index contributed by atoms with van der Waals surface area (Å²) in [6.45, 7) is 8.74. The van der Waals surface area contributed by atoms with Gasteiger partial charge >= 0.3 is 0 Å². The zero-order valence-electron chi connectivity index (χ0n) is 25.5. The number of nitriles is 1. The molecule has 2 aromatic heterocycles. The fourth-order valence-electron chi connectivity index (χ4n) is 5.86. The van der Waals surface area contributed by atoms with Crippen LogP contribution in [0.15, 0.2) is 67.0 Å². The Morgan fingerprint density at radius 2 is 1.76 bits per heavy atom. The van der Waals surface area contributed by atoms with E-state index in [4.69, 9.17) is 34.8 Å². The van der Waals surface area contributed by atoms with E-state index in [1.807, 2.05) is 47.3 Å². The van der Waals surface area contributed by atoms with Gasteiger partial charge in [-0.15, -0.1) is 5.10 Å². The third kappa shape index (κ3) is 6.49. The molecule has 12 heteroatoms. The summed E-state index contributed by atoms with van der Waals surface area (Å²) in [7, 11) is 0. The third-order valence-electron chi connectivity index (χ3n) is 8.40. The van der Waals surface area contributed by atoms with Gasteiger partial charge in [0.15, 0.2) is 5.82 Å². The van der Waals surface area contributed by atoms with Crippen molar-refractivity contribution in [1.82, 2.24) is 24.9 Å². The Hall–Kier alpha value is -3.94. The van der Waals surface area contributed by atoms with Crippen molar-refractivity contribution in [2.75, 3.05) is 23.7 Å². The number of nitrogens with zero attached hydrogens (tertiary/aromatic N) is 6. The van der Waals surface area contributed by atoms with E-state index < -0.39 is 5.82 Å². The van der Waals surface area contributed by atoms with Crippen LogP contribution in [0.4, 0.5) is 21.5 Å². The summed E-state index contributed by atoms with van der Waals surface area (Å²) in [6, 6.07) is 18.5. The third-order valence-corrected chi connectivity index (χ3v) is 9.46. The lowest BCUT2D eigenvalue weighted by Gasteiger charge is -2.40. The summed E-state index contributed by atoms with van der Waals surface area (Å²) in [6.07, 6.45) is 5.40. The number of hydrogen-bond acceptors (Lipinski definition) is 7. The molecule has 1 saturated heterocycles. The molecule has 1 fully saturated rings. The van der Waals surface area contributed by atoms with E-state index in [2.05, 4.69) is 57.7 Å². The molecule has 0 unspecified atom stereocenters. The standard InChI is InChI=1S/C34H32Cl3FN8/c1-34(2,3)45-13-11-23(12-14-45)46-19-28(43-44-46)32(20-7-5-4-6-8-20)41-22-15-24-31(21(17-39)18-40-33(24)26(36)16-22)42-27-10-9-25(35)29(37)30(27)38/h4-10,15-16,18-19,23,32,41H,11-14H2,1-3H3,(H,40,42)/t32-/m0/s1. The van der Waals surface area contributed by atoms with Gasteiger partial charge in [0.1, 0.15) is 11.8 Å². The largest absolute Gasteiger partial charge is 0.373 e. The number of likely N-dealkylation sites (tertiary alicyclic amines) is 1. The van der Waals surface area contributed by atoms with Gasteiger partial charge in [0.25, 0.3) is 0 Å². The number of piperidine rings is 1. The van der Waals surface area contributed by atoms with Crippen LogP contribution in [0.3, 0.4) is 0 Å². The molecule has 1 aliphatic heterocycles. The molecule has 1 atom stereocenters. The lowest BCUT2D eigenvalue weighted by atomic mass is 9.98. The minimum atomic E-state index is -0.736. The highest BCUT2D eigenvalue weighted by atomic mass is 35.5. The van der Waals surface area contributed by atoms with Crippen molar-refractivity contribution in [3.8, 4) is 6.07 Å². The highest BCUT2D eigenvalue weighted by molar-refractivity contribution is 6.42. The van der Waals surface area contributed by atoms with E-state index in [-0.39, 0.29) is 38.9 Å². The van der Waals surface area contributed by atoms with E-state index >= 15 is 4.39 Å². The van der Waals surface area contributed by atoms with E-state index in [0.29, 0.717) is 27.3 Å². The summed E-state index contributed by atoms with van der Waals surface area (Å²) in [5, 5.41) is 26.4. The summed E-state index contributed by atoms with van der Waals surface area (Å²) in [5.41, 5.74) is 3.54. The number of aromatic nitrogens is 4. The number of rotatable bonds is 7. The van der Waals surface area contributed by atoms with Crippen LogP contribution in [-0.2, 0) is 0 Å². The predicted octanol–water partition coefficient (Wildman–Crippen LogP) is 9.18. The topological polar surface area (TPSA) is 94.7 Å². The van der Waals surface area contributed by atoms with E-state index in [1.165, 1.54) is 18.3 Å². The van der Waals surface area contributed by atoms with Crippen LogP contribution >= 0.6 is 34.8 Å². The molecule has 5 aromatic rings. The Kier molecular flexibility index (Phi) is 9.08. The van der Waals surface area contributed by atoms with Crippen LogP contribution in [-0.4, -0.2) is 43.5 Å². The van der Waals surface area contributed by atoms with Crippen molar-refractivity contribution in [2.24, 2.45) is 0 Å². The average Bonchev–Trinajstić information content (AvgIpc) is 3.54. The normalized spacial score (nSPS) is 15.1. The lowest BCUT2D eigenvalue weighted by Crippen LogP contribution is -2.46. The van der Waals surface area contributed by atoms with Gasteiger partial charge < -0.3 is 10.6 Å². The Morgan fingerprint density at radius 1 is 1.02 bits per heavy atom. The number of fused-ring (bicyclic) bond motifs is 1. The van der Waals surface area contributed by atoms with Crippen LogP contribution < -0.4 is 10.6 Å². The first-order valence-corrected chi connectivity index (χ1v) is 16.1. The quantitative estimate of drug-likeness (QED) is 0.166. The minimum Gasteiger partial charge on any atom is -0.373 e. The second kappa shape index (κ2) is 13.0. The maximum Gasteiger partial charge on any atom is 0.166 e. The molecular formula is C34H32Cl3FN8. The maximum atomic E-state index is 15.1. The van der Waals surface area contributed by atoms with Gasteiger partial charge in [0, 0.05) is 35.9 Å². The monoisotopic (exact) mass is 676 g/mol. The van der Waals surface area contributed by atoms with Gasteiger partial charge in [-0.3, -0.25) is 9.88 Å². The van der Waals surface area contributed by atoms with Crippen molar-refractivity contribution in [3.05, 3.63) is 105 Å². The molecule has 3 aromatic carbocycles. The van der Waals surface area contributed by atoms with Gasteiger partial charge in [0.05, 0.1) is 55.8 Å². The Morgan fingerprint density at radius 3 is 2.46 bits per heavy atom. The summed E-state index contributed by atoms with van der Waals surface area (Å²) in [5.74, 6) is -0.736. The molecule has 8 nitrogen and oxygen atoms in total. The zero-order valence-corrected chi connectivity index (χ0v) is 27.8. The Labute approximate surface area is 282 Å². The highest BCUT2D eigenvalue weighted by Gasteiger charge is 2.29. The van der Waals surface area contributed by atoms with E-state index in [1.54, 1.807) is 6.07 Å². The van der Waals surface area contributed by atoms with Crippen LogP contribution in [0.2, 0.25) is 15.1 Å². The Bertz CT molecular complexity index is 1930. The highest BCUT2D eigenvalue weighted by Crippen LogP contribution is 2.39. The molecular weight excluding hydrogens is 646 g/mol. The number of benzene rings is 3. The molecule has 6 rings (SSSR count).